The molecule has 4 rings (SSSR count). The Morgan fingerprint density at radius 1 is 1.03 bits per heavy atom. The summed E-state index contributed by atoms with van der Waals surface area (Å²) in [4.78, 5) is 14.6. The summed E-state index contributed by atoms with van der Waals surface area (Å²) in [6.07, 6.45) is 0.369. The second-order valence-electron chi connectivity index (χ2n) is 8.72. The molecule has 0 unspecified atom stereocenters. The Morgan fingerprint density at radius 2 is 1.77 bits per heavy atom. The molecular weight excluding hydrogens is 381 g/mol. The van der Waals surface area contributed by atoms with Crippen LogP contribution in [0.3, 0.4) is 0 Å². The van der Waals surface area contributed by atoms with Gasteiger partial charge in [0.1, 0.15) is 12.4 Å². The minimum absolute atomic E-state index is 0.0325. The highest BCUT2D eigenvalue weighted by Crippen LogP contribution is 2.39. The number of hydrogen-bond donors (Lipinski definition) is 0. The van der Waals surface area contributed by atoms with Gasteiger partial charge in [-0.1, -0.05) is 18.2 Å². The van der Waals surface area contributed by atoms with Crippen LogP contribution < -0.4 is 15.1 Å². The van der Waals surface area contributed by atoms with Crippen LogP contribution in [0.1, 0.15) is 33.3 Å². The minimum atomic E-state index is -0.471. The molecule has 7 heteroatoms. The smallest absolute Gasteiger partial charge is 0.491 e. The van der Waals surface area contributed by atoms with Gasteiger partial charge in [-0.3, -0.25) is 9.69 Å². The van der Waals surface area contributed by atoms with E-state index >= 15 is 0 Å². The van der Waals surface area contributed by atoms with E-state index in [2.05, 4.69) is 0 Å². The van der Waals surface area contributed by atoms with Gasteiger partial charge < -0.3 is 18.8 Å². The molecular formula is C23H28BNO5. The molecule has 2 aromatic rings. The summed E-state index contributed by atoms with van der Waals surface area (Å²) in [5.41, 5.74) is 2.70. The second-order valence-corrected chi connectivity index (χ2v) is 8.72. The molecule has 2 heterocycles. The lowest BCUT2D eigenvalue weighted by Crippen LogP contribution is -2.41. The summed E-state index contributed by atoms with van der Waals surface area (Å²) < 4.78 is 23.1. The highest BCUT2D eigenvalue weighted by molar-refractivity contribution is 6.62. The van der Waals surface area contributed by atoms with Crippen molar-refractivity contribution in [3.63, 3.8) is 0 Å². The predicted molar refractivity (Wildman–Crippen MR) is 117 cm³/mol. The highest BCUT2D eigenvalue weighted by Gasteiger charge is 2.52. The number of anilines is 2. The first-order valence-electron chi connectivity index (χ1n) is 10.2. The van der Waals surface area contributed by atoms with Crippen molar-refractivity contribution < 1.29 is 23.6 Å². The Morgan fingerprint density at radius 3 is 2.47 bits per heavy atom. The maximum Gasteiger partial charge on any atom is 0.494 e. The second kappa shape index (κ2) is 7.73. The first kappa shape index (κ1) is 20.9. The molecule has 1 saturated heterocycles. The highest BCUT2D eigenvalue weighted by atomic mass is 16.7. The monoisotopic (exact) mass is 409 g/mol. The van der Waals surface area contributed by atoms with Gasteiger partial charge in [0.05, 0.1) is 35.6 Å². The van der Waals surface area contributed by atoms with Crippen molar-refractivity contribution in [1.29, 1.82) is 0 Å². The van der Waals surface area contributed by atoms with Crippen molar-refractivity contribution in [2.45, 2.75) is 45.3 Å². The number of fused-ring (bicyclic) bond motifs is 1. The van der Waals surface area contributed by atoms with E-state index in [4.69, 9.17) is 18.8 Å². The van der Waals surface area contributed by atoms with Crippen LogP contribution in [-0.4, -0.2) is 44.6 Å². The van der Waals surface area contributed by atoms with Gasteiger partial charge in [0.2, 0.25) is 5.91 Å². The van der Waals surface area contributed by atoms with Crippen LogP contribution in [0.4, 0.5) is 11.4 Å². The molecule has 2 aliphatic rings. The van der Waals surface area contributed by atoms with E-state index in [1.165, 1.54) is 0 Å². The largest absolute Gasteiger partial charge is 0.494 e. The first-order chi connectivity index (χ1) is 14.2. The molecule has 1 amide bonds. The fraction of sp³-hybridized carbons (Fsp3) is 0.435. The third kappa shape index (κ3) is 3.73. The van der Waals surface area contributed by atoms with Crippen LogP contribution in [0.2, 0.25) is 0 Å². The van der Waals surface area contributed by atoms with E-state index in [1.54, 1.807) is 12.0 Å². The van der Waals surface area contributed by atoms with Crippen molar-refractivity contribution in [3.05, 3.63) is 48.0 Å². The molecule has 0 aliphatic carbocycles. The number of ether oxygens (including phenoxy) is 2. The molecule has 0 N–H and O–H groups in total. The summed E-state index contributed by atoms with van der Waals surface area (Å²) in [6, 6.07) is 13.5. The molecule has 0 spiro atoms. The van der Waals surface area contributed by atoms with Gasteiger partial charge in [-0.15, -0.1) is 0 Å². The first-order valence-corrected chi connectivity index (χ1v) is 10.2. The zero-order chi connectivity index (χ0) is 21.5. The lowest BCUT2D eigenvalue weighted by Gasteiger charge is -2.32. The quantitative estimate of drug-likeness (QED) is 0.542. The van der Waals surface area contributed by atoms with Gasteiger partial charge in [0.25, 0.3) is 0 Å². The van der Waals surface area contributed by atoms with E-state index in [0.717, 1.165) is 22.4 Å². The number of carbonyl (C=O) groups is 1. The number of nitrogens with zero attached hydrogens (tertiary/aromatic N) is 1. The van der Waals surface area contributed by atoms with Crippen LogP contribution in [0.5, 0.6) is 5.75 Å². The zero-order valence-electron chi connectivity index (χ0n) is 18.2. The Kier molecular flexibility index (Phi) is 5.38. The number of carbonyl (C=O) groups excluding carboxylic acids is 1. The van der Waals surface area contributed by atoms with Crippen LogP contribution >= 0.6 is 0 Å². The molecule has 0 atom stereocenters. The van der Waals surface area contributed by atoms with Gasteiger partial charge in [-0.05, 0) is 56.9 Å². The van der Waals surface area contributed by atoms with Gasteiger partial charge in [0.15, 0.2) is 0 Å². The third-order valence-electron chi connectivity index (χ3n) is 6.10. The van der Waals surface area contributed by atoms with Crippen LogP contribution in [-0.2, 0) is 25.3 Å². The van der Waals surface area contributed by atoms with Crippen LogP contribution in [0.25, 0.3) is 0 Å². The zero-order valence-corrected chi connectivity index (χ0v) is 18.2. The summed E-state index contributed by atoms with van der Waals surface area (Å²) >= 11 is 0. The lowest BCUT2D eigenvalue weighted by molar-refractivity contribution is -0.116. The van der Waals surface area contributed by atoms with E-state index in [0.29, 0.717) is 25.4 Å². The number of hydrogen-bond acceptors (Lipinski definition) is 5. The summed E-state index contributed by atoms with van der Waals surface area (Å²) in [5.74, 6) is 0.734. The topological polar surface area (TPSA) is 57.2 Å². The fourth-order valence-corrected chi connectivity index (χ4v) is 3.68. The van der Waals surface area contributed by atoms with E-state index in [-0.39, 0.29) is 5.91 Å². The molecule has 0 aromatic heterocycles. The maximum atomic E-state index is 12.8. The maximum absolute atomic E-state index is 12.8. The minimum Gasteiger partial charge on any atom is -0.491 e. The number of rotatable bonds is 6. The average molecular weight is 409 g/mol. The Bertz CT molecular complexity index is 942. The predicted octanol–water partition coefficient (Wildman–Crippen LogP) is 3.23. The molecule has 30 heavy (non-hydrogen) atoms. The van der Waals surface area contributed by atoms with Gasteiger partial charge in [0, 0.05) is 13.2 Å². The normalized spacial score (nSPS) is 19.3. The van der Waals surface area contributed by atoms with Crippen LogP contribution in [0.15, 0.2) is 42.5 Å². The van der Waals surface area contributed by atoms with Crippen molar-refractivity contribution in [2.75, 3.05) is 25.2 Å². The Balaban J connectivity index is 1.63. The molecule has 6 nitrogen and oxygen atoms in total. The average Bonchev–Trinajstić information content (AvgIpc) is 3.13. The SMILES string of the molecule is COCCOc1cccc(N2C(=O)Cc3ccc(B4OC(C)(C)C(C)(C)O4)cc32)c1. The number of amides is 1. The third-order valence-corrected chi connectivity index (χ3v) is 6.10. The molecule has 1 fully saturated rings. The molecule has 0 saturated carbocycles. The van der Waals surface area contributed by atoms with Gasteiger partial charge in [-0.25, -0.2) is 0 Å². The van der Waals surface area contributed by atoms with E-state index in [1.807, 2.05) is 70.2 Å². The molecule has 0 radical (unpaired) electrons. The Labute approximate surface area is 178 Å². The van der Waals surface area contributed by atoms with Crippen molar-refractivity contribution >= 4 is 29.9 Å². The molecule has 0 bridgehead atoms. The number of benzene rings is 2. The molecule has 158 valence electrons. The fourth-order valence-electron chi connectivity index (χ4n) is 3.68. The standard InChI is InChI=1S/C23H28BNO5/c1-22(2)23(3,4)30-24(29-22)17-10-9-16-13-21(26)25(20(16)14-17)18-7-6-8-19(15-18)28-12-11-27-5/h6-10,14-15H,11-13H2,1-5H3. The van der Waals surface area contributed by atoms with Crippen molar-refractivity contribution in [1.82, 2.24) is 0 Å². The summed E-state index contributed by atoms with van der Waals surface area (Å²) in [7, 11) is 1.17. The molecule has 2 aromatic carbocycles. The van der Waals surface area contributed by atoms with Gasteiger partial charge in [-0.2, -0.15) is 0 Å². The van der Waals surface area contributed by atoms with Crippen molar-refractivity contribution in [2.24, 2.45) is 0 Å². The lowest BCUT2D eigenvalue weighted by atomic mass is 9.78. The van der Waals surface area contributed by atoms with Crippen LogP contribution in [0, 0.1) is 0 Å². The summed E-state index contributed by atoms with van der Waals surface area (Å²) in [6.45, 7) is 9.09. The summed E-state index contributed by atoms with van der Waals surface area (Å²) in [5, 5.41) is 0. The Hall–Kier alpha value is -2.35. The van der Waals surface area contributed by atoms with E-state index < -0.39 is 18.3 Å². The van der Waals surface area contributed by atoms with E-state index in [9.17, 15) is 4.79 Å². The number of methoxy groups -OCH3 is 1. The van der Waals surface area contributed by atoms with Crippen molar-refractivity contribution in [3.8, 4) is 5.75 Å². The molecule has 2 aliphatic heterocycles. The van der Waals surface area contributed by atoms with Gasteiger partial charge >= 0.3 is 7.12 Å².